The molecular formula is C16H16Cl2N4O2. The van der Waals surface area contributed by atoms with Crippen LogP contribution >= 0.6 is 23.2 Å². The molecule has 2 rings (SSSR count). The van der Waals surface area contributed by atoms with E-state index >= 15 is 0 Å². The van der Waals surface area contributed by atoms with Crippen molar-refractivity contribution >= 4 is 51.9 Å². The van der Waals surface area contributed by atoms with Crippen molar-refractivity contribution < 1.29 is 9.53 Å². The predicted molar refractivity (Wildman–Crippen MR) is 97.1 cm³/mol. The van der Waals surface area contributed by atoms with Crippen LogP contribution in [0.25, 0.3) is 0 Å². The molecule has 0 fully saturated rings. The molecule has 0 aliphatic heterocycles. The van der Waals surface area contributed by atoms with Gasteiger partial charge in [-0.15, -0.1) is 0 Å². The maximum absolute atomic E-state index is 11.1. The van der Waals surface area contributed by atoms with Crippen LogP contribution in [0.15, 0.2) is 34.5 Å². The fourth-order valence-corrected chi connectivity index (χ4v) is 2.58. The first-order chi connectivity index (χ1) is 11.3. The van der Waals surface area contributed by atoms with E-state index in [2.05, 4.69) is 15.5 Å². The minimum Gasteiger partial charge on any atom is -0.495 e. The van der Waals surface area contributed by atoms with Gasteiger partial charge in [-0.05, 0) is 30.7 Å². The Morgan fingerprint density at radius 2 is 1.79 bits per heavy atom. The maximum Gasteiger partial charge on any atom is 0.221 e. The zero-order valence-corrected chi connectivity index (χ0v) is 14.9. The molecule has 0 heterocycles. The first kappa shape index (κ1) is 18.0. The Hall–Kier alpha value is -2.31. The molecule has 3 N–H and O–H groups in total. The van der Waals surface area contributed by atoms with Gasteiger partial charge in [0.2, 0.25) is 5.91 Å². The number of methoxy groups -OCH3 is 1. The number of ether oxygens (including phenoxy) is 1. The van der Waals surface area contributed by atoms with Gasteiger partial charge >= 0.3 is 0 Å². The molecule has 24 heavy (non-hydrogen) atoms. The van der Waals surface area contributed by atoms with Crippen molar-refractivity contribution in [3.63, 3.8) is 0 Å². The lowest BCUT2D eigenvalue weighted by molar-refractivity contribution is -0.114. The summed E-state index contributed by atoms with van der Waals surface area (Å²) in [5.41, 5.74) is 8.62. The van der Waals surface area contributed by atoms with Crippen molar-refractivity contribution in [3.05, 3.63) is 39.9 Å². The van der Waals surface area contributed by atoms with E-state index in [-0.39, 0.29) is 16.0 Å². The van der Waals surface area contributed by atoms with Gasteiger partial charge in [0.05, 0.1) is 39.9 Å². The third kappa shape index (κ3) is 4.15. The number of nitrogens with one attached hydrogen (secondary N) is 1. The number of aryl methyl sites for hydroxylation is 1. The third-order valence-corrected chi connectivity index (χ3v) is 3.75. The van der Waals surface area contributed by atoms with E-state index in [1.807, 2.05) is 6.92 Å². The number of hydrogen-bond acceptors (Lipinski definition) is 5. The molecule has 126 valence electrons. The monoisotopic (exact) mass is 366 g/mol. The Bertz CT molecular complexity index is 799. The van der Waals surface area contributed by atoms with Crippen molar-refractivity contribution in [2.24, 2.45) is 10.2 Å². The van der Waals surface area contributed by atoms with Crippen LogP contribution in [0.1, 0.15) is 12.5 Å². The smallest absolute Gasteiger partial charge is 0.221 e. The second-order valence-electron chi connectivity index (χ2n) is 5.05. The summed E-state index contributed by atoms with van der Waals surface area (Å²) in [5.74, 6) is 0.254. The molecule has 0 bridgehead atoms. The lowest BCUT2D eigenvalue weighted by Gasteiger charge is -2.09. The van der Waals surface area contributed by atoms with Crippen molar-refractivity contribution in [1.29, 1.82) is 0 Å². The topological polar surface area (TPSA) is 89.1 Å². The van der Waals surface area contributed by atoms with Crippen LogP contribution < -0.4 is 15.8 Å². The Morgan fingerprint density at radius 3 is 2.33 bits per heavy atom. The zero-order chi connectivity index (χ0) is 17.9. The molecule has 0 spiro atoms. The molecule has 0 radical (unpaired) electrons. The molecular weight excluding hydrogens is 351 g/mol. The molecule has 0 saturated carbocycles. The fourth-order valence-electron chi connectivity index (χ4n) is 2.01. The fraction of sp³-hybridized carbons (Fsp3) is 0.188. The van der Waals surface area contributed by atoms with Crippen LogP contribution in [0.5, 0.6) is 5.75 Å². The third-order valence-electron chi connectivity index (χ3n) is 3.15. The second-order valence-corrected chi connectivity index (χ2v) is 5.86. The van der Waals surface area contributed by atoms with Gasteiger partial charge in [-0.25, -0.2) is 0 Å². The van der Waals surface area contributed by atoms with Gasteiger partial charge in [-0.3, -0.25) is 4.79 Å². The van der Waals surface area contributed by atoms with Crippen molar-refractivity contribution in [2.75, 3.05) is 18.2 Å². The average molecular weight is 367 g/mol. The number of nitrogens with zero attached hydrogens (tertiary/aromatic N) is 2. The number of hydrogen-bond donors (Lipinski definition) is 2. The Morgan fingerprint density at radius 1 is 1.17 bits per heavy atom. The summed E-state index contributed by atoms with van der Waals surface area (Å²) in [6, 6.07) is 6.58. The summed E-state index contributed by atoms with van der Waals surface area (Å²) < 4.78 is 5.17. The van der Waals surface area contributed by atoms with Crippen molar-refractivity contribution in [3.8, 4) is 5.75 Å². The number of anilines is 2. The molecule has 0 unspecified atom stereocenters. The first-order valence-corrected chi connectivity index (χ1v) is 7.70. The minimum absolute atomic E-state index is 0.266. The second kappa shape index (κ2) is 7.51. The standard InChI is InChI=1S/C16H16Cl2N4O2/c1-8-4-13(19)15(24-3)7-14(8)22-21-10-5-11(17)16(12(18)6-10)20-9(2)23/h4-7H,19H2,1-3H3,(H,20,23)/b22-21+. The summed E-state index contributed by atoms with van der Waals surface area (Å²) in [6.45, 7) is 3.24. The average Bonchev–Trinajstić information content (AvgIpc) is 2.50. The Balaban J connectivity index is 2.35. The number of amides is 1. The summed E-state index contributed by atoms with van der Waals surface area (Å²) in [5, 5.41) is 11.4. The number of azo groups is 1. The van der Waals surface area contributed by atoms with Gasteiger partial charge in [0, 0.05) is 13.0 Å². The van der Waals surface area contributed by atoms with Gasteiger partial charge in [-0.1, -0.05) is 23.2 Å². The highest BCUT2D eigenvalue weighted by Crippen LogP contribution is 2.36. The van der Waals surface area contributed by atoms with Crippen LogP contribution in [0.4, 0.5) is 22.7 Å². The van der Waals surface area contributed by atoms with Crippen molar-refractivity contribution in [1.82, 2.24) is 0 Å². The van der Waals surface area contributed by atoms with E-state index in [9.17, 15) is 4.79 Å². The lowest BCUT2D eigenvalue weighted by Crippen LogP contribution is -2.06. The van der Waals surface area contributed by atoms with Gasteiger partial charge in [0.1, 0.15) is 5.75 Å². The molecule has 8 heteroatoms. The Labute approximate surface area is 149 Å². The van der Waals surface area contributed by atoms with Crippen LogP contribution in [-0.4, -0.2) is 13.0 Å². The van der Waals surface area contributed by atoms with Gasteiger partial charge < -0.3 is 15.8 Å². The molecule has 0 aromatic heterocycles. The van der Waals surface area contributed by atoms with Crippen LogP contribution in [-0.2, 0) is 4.79 Å². The van der Waals surface area contributed by atoms with Gasteiger partial charge in [0.25, 0.3) is 0 Å². The molecule has 0 saturated heterocycles. The van der Waals surface area contributed by atoms with Crippen LogP contribution in [0.2, 0.25) is 10.0 Å². The first-order valence-electron chi connectivity index (χ1n) is 6.94. The highest BCUT2D eigenvalue weighted by Gasteiger charge is 2.10. The maximum atomic E-state index is 11.1. The summed E-state index contributed by atoms with van der Waals surface area (Å²) in [6.07, 6.45) is 0. The van der Waals surface area contributed by atoms with E-state index in [0.717, 1.165) is 5.56 Å². The van der Waals surface area contributed by atoms with Crippen LogP contribution in [0.3, 0.4) is 0 Å². The van der Waals surface area contributed by atoms with Crippen molar-refractivity contribution in [2.45, 2.75) is 13.8 Å². The molecule has 1 amide bonds. The number of carbonyl (C=O) groups is 1. The molecule has 2 aromatic rings. The van der Waals surface area contributed by atoms with E-state index in [4.69, 9.17) is 33.7 Å². The molecule has 0 atom stereocenters. The van der Waals surface area contributed by atoms with E-state index < -0.39 is 0 Å². The van der Waals surface area contributed by atoms with Crippen LogP contribution in [0, 0.1) is 6.92 Å². The highest BCUT2D eigenvalue weighted by atomic mass is 35.5. The summed E-state index contributed by atoms with van der Waals surface area (Å²) >= 11 is 12.2. The van der Waals surface area contributed by atoms with Gasteiger partial charge in [-0.2, -0.15) is 10.2 Å². The predicted octanol–water partition coefficient (Wildman–Crippen LogP) is 5.27. The number of benzene rings is 2. The molecule has 2 aromatic carbocycles. The van der Waals surface area contributed by atoms with Gasteiger partial charge in [0.15, 0.2) is 0 Å². The van der Waals surface area contributed by atoms with E-state index in [1.54, 1.807) is 24.3 Å². The largest absolute Gasteiger partial charge is 0.495 e. The highest BCUT2D eigenvalue weighted by molar-refractivity contribution is 6.40. The molecule has 6 nitrogen and oxygen atoms in total. The minimum atomic E-state index is -0.266. The number of halogens is 2. The zero-order valence-electron chi connectivity index (χ0n) is 13.4. The summed E-state index contributed by atoms with van der Waals surface area (Å²) in [4.78, 5) is 11.1. The Kier molecular flexibility index (Phi) is 5.64. The quantitative estimate of drug-likeness (QED) is 0.570. The SMILES string of the molecule is COc1cc(/N=N/c2cc(Cl)c(NC(C)=O)c(Cl)c2)c(C)cc1N. The lowest BCUT2D eigenvalue weighted by atomic mass is 10.1. The number of nitrogen functional groups attached to an aromatic ring is 1. The summed E-state index contributed by atoms with van der Waals surface area (Å²) in [7, 11) is 1.53. The van der Waals surface area contributed by atoms with E-state index in [0.29, 0.717) is 28.5 Å². The normalized spacial score (nSPS) is 10.9. The molecule has 0 aliphatic carbocycles. The number of rotatable bonds is 4. The number of nitrogens with two attached hydrogens (primary N) is 1. The number of carbonyl (C=O) groups excluding carboxylic acids is 1. The molecule has 0 aliphatic rings. The van der Waals surface area contributed by atoms with E-state index in [1.165, 1.54) is 14.0 Å².